The summed E-state index contributed by atoms with van der Waals surface area (Å²) >= 11 is 0. The summed E-state index contributed by atoms with van der Waals surface area (Å²) in [5.74, 6) is -1.02. The minimum atomic E-state index is -1.05. The van der Waals surface area contributed by atoms with Crippen LogP contribution in [0.2, 0.25) is 0 Å². The normalized spacial score (nSPS) is 10.8. The number of aryl methyl sites for hydroxylation is 1. The molecule has 0 radical (unpaired) electrons. The lowest BCUT2D eigenvalue weighted by Gasteiger charge is -2.11. The number of nitrogens with one attached hydrogen (secondary N) is 2. The van der Waals surface area contributed by atoms with Crippen molar-refractivity contribution in [3.8, 4) is 17.0 Å². The molecule has 2 N–H and O–H groups in total. The molecule has 0 fully saturated rings. The van der Waals surface area contributed by atoms with E-state index in [1.165, 1.54) is 6.07 Å². The maximum atomic E-state index is 13.5. The number of ether oxygens (including phenoxy) is 1. The molecule has 2 aromatic heterocycles. The number of hydrogen-bond donors (Lipinski definition) is 2. The van der Waals surface area contributed by atoms with Crippen molar-refractivity contribution < 1.29 is 18.3 Å². The van der Waals surface area contributed by atoms with Gasteiger partial charge in [0.15, 0.2) is 11.6 Å². The maximum absolute atomic E-state index is 13.5. The number of anilines is 2. The van der Waals surface area contributed by atoms with Gasteiger partial charge in [-0.2, -0.15) is 0 Å². The number of urea groups is 1. The number of halogens is 2. The summed E-state index contributed by atoms with van der Waals surface area (Å²) in [4.78, 5) is 17.3. The number of pyridine rings is 1. The molecule has 6 nitrogen and oxygen atoms in total. The molecule has 4 rings (SSSR count). The number of methoxy groups -OCH3 is 1. The van der Waals surface area contributed by atoms with E-state index < -0.39 is 17.7 Å². The van der Waals surface area contributed by atoms with Crippen LogP contribution in [0.4, 0.5) is 25.1 Å². The third-order valence-corrected chi connectivity index (χ3v) is 4.54. The van der Waals surface area contributed by atoms with E-state index in [9.17, 15) is 13.6 Å². The number of amides is 2. The summed E-state index contributed by atoms with van der Waals surface area (Å²) in [6, 6.07) is 13.6. The van der Waals surface area contributed by atoms with Crippen molar-refractivity contribution >= 4 is 23.2 Å². The first-order chi connectivity index (χ1) is 14.5. The molecular formula is C22H18F2N4O2. The molecule has 4 aromatic rings. The zero-order valence-electron chi connectivity index (χ0n) is 16.2. The average Bonchev–Trinajstić information content (AvgIpc) is 3.08. The van der Waals surface area contributed by atoms with E-state index in [1.54, 1.807) is 17.6 Å². The summed E-state index contributed by atoms with van der Waals surface area (Å²) < 4.78 is 33.8. The number of imidazole rings is 1. The third kappa shape index (κ3) is 3.67. The second-order valence-electron chi connectivity index (χ2n) is 6.65. The van der Waals surface area contributed by atoms with Crippen molar-refractivity contribution in [2.75, 3.05) is 17.7 Å². The van der Waals surface area contributed by atoms with Crippen molar-refractivity contribution in [2.45, 2.75) is 6.92 Å². The van der Waals surface area contributed by atoms with E-state index in [0.29, 0.717) is 28.5 Å². The molecule has 0 spiro atoms. The lowest BCUT2D eigenvalue weighted by molar-refractivity contribution is 0.262. The van der Waals surface area contributed by atoms with Crippen LogP contribution < -0.4 is 15.4 Å². The van der Waals surface area contributed by atoms with E-state index >= 15 is 0 Å². The van der Waals surface area contributed by atoms with E-state index in [4.69, 9.17) is 4.74 Å². The Kier molecular flexibility index (Phi) is 5.05. The lowest BCUT2D eigenvalue weighted by Crippen LogP contribution is -2.21. The number of rotatable bonds is 4. The van der Waals surface area contributed by atoms with E-state index in [2.05, 4.69) is 15.6 Å². The van der Waals surface area contributed by atoms with Gasteiger partial charge in [-0.1, -0.05) is 18.2 Å². The summed E-state index contributed by atoms with van der Waals surface area (Å²) in [5, 5.41) is 5.28. The van der Waals surface area contributed by atoms with Gasteiger partial charge in [0, 0.05) is 23.5 Å². The highest BCUT2D eigenvalue weighted by atomic mass is 19.2. The molecule has 30 heavy (non-hydrogen) atoms. The van der Waals surface area contributed by atoms with Crippen LogP contribution in [0.1, 0.15) is 5.56 Å². The van der Waals surface area contributed by atoms with Gasteiger partial charge in [0.25, 0.3) is 0 Å². The van der Waals surface area contributed by atoms with Crippen LogP contribution in [-0.2, 0) is 0 Å². The number of carbonyl (C=O) groups is 1. The van der Waals surface area contributed by atoms with Crippen LogP contribution >= 0.6 is 0 Å². The molecule has 2 amide bonds. The topological polar surface area (TPSA) is 67.7 Å². The van der Waals surface area contributed by atoms with Crippen molar-refractivity contribution in [1.29, 1.82) is 0 Å². The number of benzene rings is 2. The first-order valence-corrected chi connectivity index (χ1v) is 9.11. The number of nitrogens with zero attached hydrogens (tertiary/aromatic N) is 2. The Morgan fingerprint density at radius 1 is 1.03 bits per heavy atom. The minimum absolute atomic E-state index is 0.121. The summed E-state index contributed by atoms with van der Waals surface area (Å²) in [6.07, 6.45) is 1.84. The van der Waals surface area contributed by atoms with Crippen LogP contribution in [0, 0.1) is 18.6 Å². The summed E-state index contributed by atoms with van der Waals surface area (Å²) in [5.41, 5.74) is 2.93. The molecule has 0 aliphatic heterocycles. The van der Waals surface area contributed by atoms with Gasteiger partial charge >= 0.3 is 6.03 Å². The van der Waals surface area contributed by atoms with Crippen molar-refractivity contribution in [3.63, 3.8) is 0 Å². The maximum Gasteiger partial charge on any atom is 0.324 e. The predicted octanol–water partition coefficient (Wildman–Crippen LogP) is 5.24. The minimum Gasteiger partial charge on any atom is -0.496 e. The smallest absolute Gasteiger partial charge is 0.324 e. The third-order valence-electron chi connectivity index (χ3n) is 4.54. The lowest BCUT2D eigenvalue weighted by atomic mass is 10.1. The zero-order valence-corrected chi connectivity index (χ0v) is 16.2. The van der Waals surface area contributed by atoms with Crippen LogP contribution in [0.3, 0.4) is 0 Å². The molecule has 0 saturated heterocycles. The molecule has 0 unspecified atom stereocenters. The number of para-hydroxylation sites is 1. The molecular weight excluding hydrogens is 390 g/mol. The molecule has 0 atom stereocenters. The molecule has 8 heteroatoms. The van der Waals surface area contributed by atoms with E-state index in [-0.39, 0.29) is 5.69 Å². The highest BCUT2D eigenvalue weighted by molar-refractivity contribution is 6.02. The van der Waals surface area contributed by atoms with Crippen LogP contribution in [0.15, 0.2) is 60.8 Å². The van der Waals surface area contributed by atoms with Gasteiger partial charge in [-0.05, 0) is 42.8 Å². The number of carbonyl (C=O) groups excluding carboxylic acids is 1. The monoisotopic (exact) mass is 408 g/mol. The number of hydrogen-bond acceptors (Lipinski definition) is 3. The van der Waals surface area contributed by atoms with Crippen molar-refractivity contribution in [2.24, 2.45) is 0 Å². The van der Waals surface area contributed by atoms with E-state index in [0.717, 1.165) is 17.7 Å². The molecule has 0 bridgehead atoms. The first-order valence-electron chi connectivity index (χ1n) is 9.11. The Balaban J connectivity index is 1.75. The average molecular weight is 408 g/mol. The number of aromatic nitrogens is 2. The number of fused-ring (bicyclic) bond motifs is 1. The summed E-state index contributed by atoms with van der Waals surface area (Å²) in [6.45, 7) is 1.92. The Labute approximate surface area is 171 Å². The van der Waals surface area contributed by atoms with Crippen molar-refractivity contribution in [3.05, 3.63) is 78.0 Å². The highest BCUT2D eigenvalue weighted by Gasteiger charge is 2.19. The van der Waals surface area contributed by atoms with Crippen LogP contribution in [0.5, 0.6) is 5.75 Å². The quantitative estimate of drug-likeness (QED) is 0.485. The Morgan fingerprint density at radius 2 is 1.83 bits per heavy atom. The largest absolute Gasteiger partial charge is 0.496 e. The zero-order chi connectivity index (χ0) is 21.3. The van der Waals surface area contributed by atoms with Gasteiger partial charge in [0.05, 0.1) is 7.11 Å². The SMILES string of the molecule is COc1ccccc1-c1nc2ccc(C)cn2c1NC(=O)Nc1ccc(F)c(F)c1. The Morgan fingerprint density at radius 3 is 2.60 bits per heavy atom. The van der Waals surface area contributed by atoms with Gasteiger partial charge in [0.1, 0.15) is 22.9 Å². The van der Waals surface area contributed by atoms with Gasteiger partial charge in [-0.25, -0.2) is 18.6 Å². The predicted molar refractivity (Wildman–Crippen MR) is 111 cm³/mol. The second-order valence-corrected chi connectivity index (χ2v) is 6.65. The fourth-order valence-electron chi connectivity index (χ4n) is 3.14. The molecule has 152 valence electrons. The molecule has 2 heterocycles. The molecule has 0 aliphatic rings. The van der Waals surface area contributed by atoms with Gasteiger partial charge < -0.3 is 10.1 Å². The fourth-order valence-corrected chi connectivity index (χ4v) is 3.14. The van der Waals surface area contributed by atoms with Gasteiger partial charge in [0.2, 0.25) is 0 Å². The van der Waals surface area contributed by atoms with Crippen LogP contribution in [0.25, 0.3) is 16.9 Å². The molecule has 2 aromatic carbocycles. The van der Waals surface area contributed by atoms with Gasteiger partial charge in [-0.3, -0.25) is 9.72 Å². The summed E-state index contributed by atoms with van der Waals surface area (Å²) in [7, 11) is 1.56. The fraction of sp³-hybridized carbons (Fsp3) is 0.0909. The standard InChI is InChI=1S/C22H18F2N4O2/c1-13-7-10-19-26-20(15-5-3-4-6-18(15)30-2)21(28(19)12-13)27-22(29)25-14-8-9-16(23)17(24)11-14/h3-12H,1-2H3,(H2,25,27,29). The van der Waals surface area contributed by atoms with Gasteiger partial charge in [-0.15, -0.1) is 0 Å². The molecule has 0 saturated carbocycles. The van der Waals surface area contributed by atoms with Crippen molar-refractivity contribution in [1.82, 2.24) is 9.38 Å². The second kappa shape index (κ2) is 7.82. The Hall–Kier alpha value is -3.94. The Bertz CT molecular complexity index is 1250. The highest BCUT2D eigenvalue weighted by Crippen LogP contribution is 2.35. The molecule has 0 aliphatic carbocycles. The van der Waals surface area contributed by atoms with E-state index in [1.807, 2.05) is 43.5 Å². The van der Waals surface area contributed by atoms with Crippen LogP contribution in [-0.4, -0.2) is 22.5 Å². The first kappa shape index (κ1) is 19.4.